The number of ketones is 1. The van der Waals surface area contributed by atoms with Crippen LogP contribution in [0, 0.1) is 13.8 Å². The Labute approximate surface area is 111 Å². The van der Waals surface area contributed by atoms with Crippen molar-refractivity contribution in [3.8, 4) is 0 Å². The molecule has 19 heavy (non-hydrogen) atoms. The first kappa shape index (κ1) is 13.1. The molecular weight excluding hydrogens is 244 g/mol. The van der Waals surface area contributed by atoms with Crippen LogP contribution in [0.5, 0.6) is 0 Å². The highest BCUT2D eigenvalue weighted by Gasteiger charge is 2.16. The lowest BCUT2D eigenvalue weighted by molar-refractivity contribution is 0.0473. The van der Waals surface area contributed by atoms with Gasteiger partial charge in [-0.3, -0.25) is 4.79 Å². The maximum atomic E-state index is 11.8. The highest BCUT2D eigenvalue weighted by molar-refractivity contribution is 5.99. The molecule has 4 heteroatoms. The standard InChI is InChI=1S/C15H14O4/c1-10-8-13(11(2)19-10)15(17)18-9-14(16)12-6-4-3-5-7-12/h3-8H,9H2,1-2H3. The van der Waals surface area contributed by atoms with Crippen molar-refractivity contribution in [3.63, 3.8) is 0 Å². The highest BCUT2D eigenvalue weighted by Crippen LogP contribution is 2.14. The van der Waals surface area contributed by atoms with Gasteiger partial charge in [-0.25, -0.2) is 4.79 Å². The summed E-state index contributed by atoms with van der Waals surface area (Å²) in [6.07, 6.45) is 0. The summed E-state index contributed by atoms with van der Waals surface area (Å²) >= 11 is 0. The van der Waals surface area contributed by atoms with Crippen molar-refractivity contribution < 1.29 is 18.7 Å². The van der Waals surface area contributed by atoms with Gasteiger partial charge in [0.2, 0.25) is 0 Å². The Hall–Kier alpha value is -2.36. The predicted octanol–water partition coefficient (Wildman–Crippen LogP) is 2.94. The molecule has 4 nitrogen and oxygen atoms in total. The number of aryl methyl sites for hydroxylation is 2. The minimum Gasteiger partial charge on any atom is -0.466 e. The fourth-order valence-corrected chi connectivity index (χ4v) is 1.75. The van der Waals surface area contributed by atoms with Crippen molar-refractivity contribution in [2.45, 2.75) is 13.8 Å². The minimum absolute atomic E-state index is 0.230. The summed E-state index contributed by atoms with van der Waals surface area (Å²) < 4.78 is 10.2. The molecule has 0 atom stereocenters. The Morgan fingerprint density at radius 3 is 2.42 bits per heavy atom. The van der Waals surface area contributed by atoms with Gasteiger partial charge in [0.15, 0.2) is 12.4 Å². The Balaban J connectivity index is 1.98. The Bertz CT molecular complexity index is 596. The molecule has 0 amide bonds. The van der Waals surface area contributed by atoms with Gasteiger partial charge >= 0.3 is 5.97 Å². The van der Waals surface area contributed by atoms with Crippen molar-refractivity contribution in [2.75, 3.05) is 6.61 Å². The molecule has 0 bridgehead atoms. The average molecular weight is 258 g/mol. The zero-order valence-electron chi connectivity index (χ0n) is 10.8. The first-order valence-corrected chi connectivity index (χ1v) is 5.90. The molecule has 1 aromatic carbocycles. The quantitative estimate of drug-likeness (QED) is 0.625. The highest BCUT2D eigenvalue weighted by atomic mass is 16.5. The summed E-state index contributed by atoms with van der Waals surface area (Å²) in [5.41, 5.74) is 0.883. The first-order chi connectivity index (χ1) is 9.08. The maximum absolute atomic E-state index is 11.8. The van der Waals surface area contributed by atoms with Gasteiger partial charge < -0.3 is 9.15 Å². The van der Waals surface area contributed by atoms with Crippen molar-refractivity contribution in [1.29, 1.82) is 0 Å². The van der Waals surface area contributed by atoms with Gasteiger partial charge in [-0.2, -0.15) is 0 Å². The van der Waals surface area contributed by atoms with E-state index >= 15 is 0 Å². The second-order valence-electron chi connectivity index (χ2n) is 4.19. The summed E-state index contributed by atoms with van der Waals surface area (Å²) in [5.74, 6) is 0.360. The lowest BCUT2D eigenvalue weighted by Gasteiger charge is -2.03. The van der Waals surface area contributed by atoms with E-state index in [1.54, 1.807) is 44.2 Å². The molecule has 0 aliphatic heterocycles. The van der Waals surface area contributed by atoms with Crippen LogP contribution in [0.25, 0.3) is 0 Å². The zero-order valence-corrected chi connectivity index (χ0v) is 10.8. The van der Waals surface area contributed by atoms with Gasteiger partial charge in [-0.15, -0.1) is 0 Å². The van der Waals surface area contributed by atoms with Crippen LogP contribution >= 0.6 is 0 Å². The second kappa shape index (κ2) is 5.52. The molecule has 0 aliphatic rings. The molecule has 0 N–H and O–H groups in total. The number of carbonyl (C=O) groups excluding carboxylic acids is 2. The number of furan rings is 1. The fourth-order valence-electron chi connectivity index (χ4n) is 1.75. The SMILES string of the molecule is Cc1cc(C(=O)OCC(=O)c2ccccc2)c(C)o1. The molecule has 0 unspecified atom stereocenters. The predicted molar refractivity (Wildman–Crippen MR) is 69.2 cm³/mol. The normalized spacial score (nSPS) is 10.2. The molecule has 0 aliphatic carbocycles. The number of rotatable bonds is 4. The maximum Gasteiger partial charge on any atom is 0.342 e. The summed E-state index contributed by atoms with van der Waals surface area (Å²) in [7, 11) is 0. The third-order valence-electron chi connectivity index (χ3n) is 2.69. The van der Waals surface area contributed by atoms with Crippen LogP contribution in [-0.2, 0) is 4.74 Å². The molecule has 1 aromatic heterocycles. The number of esters is 1. The lowest BCUT2D eigenvalue weighted by Crippen LogP contribution is -2.14. The van der Waals surface area contributed by atoms with Gasteiger partial charge in [0, 0.05) is 5.56 Å². The van der Waals surface area contributed by atoms with E-state index in [-0.39, 0.29) is 12.4 Å². The number of benzene rings is 1. The van der Waals surface area contributed by atoms with Crippen LogP contribution in [0.4, 0.5) is 0 Å². The van der Waals surface area contributed by atoms with Crippen LogP contribution < -0.4 is 0 Å². The summed E-state index contributed by atoms with van der Waals surface area (Å²) in [6.45, 7) is 3.16. The molecule has 98 valence electrons. The van der Waals surface area contributed by atoms with E-state index in [0.717, 1.165) is 0 Å². The van der Waals surface area contributed by atoms with Crippen LogP contribution in [0.15, 0.2) is 40.8 Å². The number of Topliss-reactive ketones (excluding diaryl/α,β-unsaturated/α-hetero) is 1. The Kier molecular flexibility index (Phi) is 3.80. The number of hydrogen-bond acceptors (Lipinski definition) is 4. The van der Waals surface area contributed by atoms with Crippen LogP contribution in [0.2, 0.25) is 0 Å². The number of ether oxygens (including phenoxy) is 1. The summed E-state index contributed by atoms with van der Waals surface area (Å²) in [6, 6.07) is 10.3. The zero-order chi connectivity index (χ0) is 13.8. The van der Waals surface area contributed by atoms with Crippen molar-refractivity contribution >= 4 is 11.8 Å². The smallest absolute Gasteiger partial charge is 0.342 e. The third kappa shape index (κ3) is 3.10. The van der Waals surface area contributed by atoms with E-state index in [9.17, 15) is 9.59 Å². The van der Waals surface area contributed by atoms with Gasteiger partial charge in [-0.05, 0) is 19.9 Å². The Morgan fingerprint density at radius 1 is 1.16 bits per heavy atom. The fraction of sp³-hybridized carbons (Fsp3) is 0.200. The summed E-state index contributed by atoms with van der Waals surface area (Å²) in [5, 5.41) is 0. The van der Waals surface area contributed by atoms with E-state index in [4.69, 9.17) is 9.15 Å². The van der Waals surface area contributed by atoms with Crippen LogP contribution in [0.1, 0.15) is 32.2 Å². The van der Waals surface area contributed by atoms with Gasteiger partial charge in [0.1, 0.15) is 17.1 Å². The second-order valence-corrected chi connectivity index (χ2v) is 4.19. The molecule has 0 saturated carbocycles. The topological polar surface area (TPSA) is 56.5 Å². The average Bonchev–Trinajstić information content (AvgIpc) is 2.75. The van der Waals surface area contributed by atoms with E-state index in [0.29, 0.717) is 22.6 Å². The van der Waals surface area contributed by atoms with Crippen molar-refractivity contribution in [2.24, 2.45) is 0 Å². The van der Waals surface area contributed by atoms with Gasteiger partial charge in [-0.1, -0.05) is 30.3 Å². The van der Waals surface area contributed by atoms with E-state index in [1.807, 2.05) is 6.07 Å². The Morgan fingerprint density at radius 2 is 1.84 bits per heavy atom. The third-order valence-corrected chi connectivity index (χ3v) is 2.69. The van der Waals surface area contributed by atoms with E-state index in [1.165, 1.54) is 0 Å². The molecule has 0 spiro atoms. The minimum atomic E-state index is -0.543. The van der Waals surface area contributed by atoms with Crippen LogP contribution in [0.3, 0.4) is 0 Å². The number of hydrogen-bond donors (Lipinski definition) is 0. The molecule has 0 saturated heterocycles. The molecule has 0 fully saturated rings. The first-order valence-electron chi connectivity index (χ1n) is 5.90. The molecule has 2 rings (SSSR count). The number of carbonyl (C=O) groups is 2. The molecule has 1 heterocycles. The summed E-state index contributed by atoms with van der Waals surface area (Å²) in [4.78, 5) is 23.6. The van der Waals surface area contributed by atoms with E-state index in [2.05, 4.69) is 0 Å². The van der Waals surface area contributed by atoms with Gasteiger partial charge in [0.25, 0.3) is 0 Å². The molecular formula is C15H14O4. The van der Waals surface area contributed by atoms with Crippen molar-refractivity contribution in [1.82, 2.24) is 0 Å². The molecule has 0 radical (unpaired) electrons. The van der Waals surface area contributed by atoms with Crippen molar-refractivity contribution in [3.05, 3.63) is 59.0 Å². The monoisotopic (exact) mass is 258 g/mol. The van der Waals surface area contributed by atoms with Gasteiger partial charge in [0.05, 0.1) is 0 Å². The van der Waals surface area contributed by atoms with Crippen LogP contribution in [-0.4, -0.2) is 18.4 Å². The lowest BCUT2D eigenvalue weighted by atomic mass is 10.1. The largest absolute Gasteiger partial charge is 0.466 e. The molecule has 2 aromatic rings. The van der Waals surface area contributed by atoms with E-state index < -0.39 is 5.97 Å².